The molecule has 6 atom stereocenters. The Morgan fingerprint density at radius 3 is 2.48 bits per heavy atom. The molecule has 3 aliphatic rings. The fraction of sp³-hybridized carbons (Fsp3) is 0.581. The van der Waals surface area contributed by atoms with Gasteiger partial charge in [0.05, 0.1) is 37.9 Å². The molecule has 3 fully saturated rings. The zero-order chi connectivity index (χ0) is 29.2. The summed E-state index contributed by atoms with van der Waals surface area (Å²) in [6, 6.07) is 5.42. The average Bonchev–Trinajstić information content (AvgIpc) is 3.56. The van der Waals surface area contributed by atoms with Crippen molar-refractivity contribution in [3.05, 3.63) is 49.6 Å². The zero-order valence-electron chi connectivity index (χ0n) is 24.0. The van der Waals surface area contributed by atoms with Gasteiger partial charge < -0.3 is 29.1 Å². The number of nitrogens with zero attached hydrogens (tertiary/aromatic N) is 2. The Morgan fingerprint density at radius 1 is 1.23 bits per heavy atom. The molecule has 3 aliphatic heterocycles. The highest BCUT2D eigenvalue weighted by Gasteiger charge is 2.79. The standard InChI is InChI=1S/C31H42N2O7/c1-7-10-18-39-29(37)25-24-27(35)33(23(19-34)20(4)5)26(31(24)16-15-30(25,9-3)40-31)28(36)32(17-8-2)21-11-13-22(38-6)14-12-21/h7-8,11-14,20,23-26,34H,1-2,9-10,15-19H2,3-6H3/t23-,24-,25-,26?,30+,31?/m0/s1. The van der Waals surface area contributed by atoms with Gasteiger partial charge in [0, 0.05) is 12.2 Å². The van der Waals surface area contributed by atoms with E-state index in [1.54, 1.807) is 48.4 Å². The first kappa shape index (κ1) is 29.8. The van der Waals surface area contributed by atoms with Crippen molar-refractivity contribution in [1.29, 1.82) is 0 Å². The van der Waals surface area contributed by atoms with E-state index in [1.165, 1.54) is 4.90 Å². The van der Waals surface area contributed by atoms with E-state index in [2.05, 4.69) is 13.2 Å². The summed E-state index contributed by atoms with van der Waals surface area (Å²) in [7, 11) is 1.57. The molecule has 9 heteroatoms. The predicted octanol–water partition coefficient (Wildman–Crippen LogP) is 3.51. The molecule has 1 N–H and O–H groups in total. The maximum atomic E-state index is 14.7. The first-order valence-electron chi connectivity index (χ1n) is 14.1. The summed E-state index contributed by atoms with van der Waals surface area (Å²) >= 11 is 0. The topological polar surface area (TPSA) is 106 Å². The summed E-state index contributed by atoms with van der Waals surface area (Å²) in [5.41, 5.74) is -1.51. The van der Waals surface area contributed by atoms with E-state index >= 15 is 0 Å². The van der Waals surface area contributed by atoms with Crippen molar-refractivity contribution in [2.24, 2.45) is 17.8 Å². The smallest absolute Gasteiger partial charge is 0.312 e. The molecule has 0 aromatic heterocycles. The van der Waals surface area contributed by atoms with Crippen LogP contribution in [-0.4, -0.2) is 77.9 Å². The number of carbonyl (C=O) groups is 3. The van der Waals surface area contributed by atoms with Crippen LogP contribution in [0.25, 0.3) is 0 Å². The molecule has 3 saturated heterocycles. The van der Waals surface area contributed by atoms with Crippen molar-refractivity contribution >= 4 is 23.5 Å². The second kappa shape index (κ2) is 11.7. The van der Waals surface area contributed by atoms with Gasteiger partial charge in [-0.2, -0.15) is 0 Å². The molecule has 40 heavy (non-hydrogen) atoms. The van der Waals surface area contributed by atoms with E-state index in [1.807, 2.05) is 20.8 Å². The quantitative estimate of drug-likeness (QED) is 0.226. The molecule has 1 aromatic rings. The number of esters is 1. The number of fused-ring (bicyclic) bond motifs is 1. The maximum Gasteiger partial charge on any atom is 0.312 e. The number of rotatable bonds is 13. The van der Waals surface area contributed by atoms with E-state index in [-0.39, 0.29) is 37.5 Å². The molecule has 1 aromatic carbocycles. The van der Waals surface area contributed by atoms with Gasteiger partial charge in [-0.3, -0.25) is 14.4 Å². The molecule has 9 nitrogen and oxygen atoms in total. The average molecular weight is 555 g/mol. The lowest BCUT2D eigenvalue weighted by molar-refractivity contribution is -0.162. The normalized spacial score (nSPS) is 29.3. The monoisotopic (exact) mass is 554 g/mol. The summed E-state index contributed by atoms with van der Waals surface area (Å²) in [5.74, 6) is -2.41. The molecule has 3 heterocycles. The van der Waals surface area contributed by atoms with Crippen molar-refractivity contribution in [3.63, 3.8) is 0 Å². The van der Waals surface area contributed by atoms with Crippen molar-refractivity contribution in [2.45, 2.75) is 69.7 Å². The number of carbonyl (C=O) groups excluding carboxylic acids is 3. The largest absolute Gasteiger partial charge is 0.497 e. The van der Waals surface area contributed by atoms with Gasteiger partial charge in [0.15, 0.2) is 0 Å². The summed E-state index contributed by atoms with van der Waals surface area (Å²) in [5, 5.41) is 10.4. The van der Waals surface area contributed by atoms with Gasteiger partial charge in [0.25, 0.3) is 5.91 Å². The summed E-state index contributed by atoms with van der Waals surface area (Å²) < 4.78 is 17.7. The predicted molar refractivity (Wildman–Crippen MR) is 151 cm³/mol. The summed E-state index contributed by atoms with van der Waals surface area (Å²) in [6.07, 6.45) is 5.27. The van der Waals surface area contributed by atoms with E-state index in [0.717, 1.165) is 0 Å². The molecule has 0 aliphatic carbocycles. The van der Waals surface area contributed by atoms with Crippen LogP contribution in [0.1, 0.15) is 46.5 Å². The van der Waals surface area contributed by atoms with Crippen LogP contribution in [0.5, 0.6) is 5.75 Å². The van der Waals surface area contributed by atoms with Gasteiger partial charge in [-0.05, 0) is 55.9 Å². The van der Waals surface area contributed by atoms with Crippen LogP contribution in [0, 0.1) is 17.8 Å². The van der Waals surface area contributed by atoms with Crippen LogP contribution in [0.3, 0.4) is 0 Å². The van der Waals surface area contributed by atoms with Gasteiger partial charge in [-0.15, -0.1) is 13.2 Å². The fourth-order valence-corrected chi connectivity index (χ4v) is 6.97. The number of amides is 2. The third-order valence-corrected chi connectivity index (χ3v) is 8.95. The molecular formula is C31H42N2O7. The first-order valence-corrected chi connectivity index (χ1v) is 14.1. The minimum Gasteiger partial charge on any atom is -0.497 e. The van der Waals surface area contributed by atoms with Crippen LogP contribution in [0.2, 0.25) is 0 Å². The number of likely N-dealkylation sites (tertiary alicyclic amines) is 1. The molecule has 218 valence electrons. The molecule has 0 saturated carbocycles. The van der Waals surface area contributed by atoms with E-state index in [0.29, 0.717) is 37.1 Å². The van der Waals surface area contributed by atoms with Gasteiger partial charge in [0.1, 0.15) is 23.3 Å². The third kappa shape index (κ3) is 4.63. The number of anilines is 1. The summed E-state index contributed by atoms with van der Waals surface area (Å²) in [6.45, 7) is 13.3. The van der Waals surface area contributed by atoms with Gasteiger partial charge in [0.2, 0.25) is 5.91 Å². The summed E-state index contributed by atoms with van der Waals surface area (Å²) in [4.78, 5) is 45.7. The Hall–Kier alpha value is -3.17. The van der Waals surface area contributed by atoms with Crippen LogP contribution < -0.4 is 9.64 Å². The Balaban J connectivity index is 1.83. The SMILES string of the molecule is C=CCCOC(=O)[C@@H]1[C@H]2C(=O)N([C@@H](CO)C(C)C)C(C(=O)N(CC=C)c3ccc(OC)cc3)C23CC[C@@]1(CC)O3. The number of ether oxygens (including phenoxy) is 3. The van der Waals surface area contributed by atoms with E-state index in [4.69, 9.17) is 14.2 Å². The highest BCUT2D eigenvalue weighted by atomic mass is 16.6. The van der Waals surface area contributed by atoms with Crippen LogP contribution >= 0.6 is 0 Å². The Kier molecular flexibility index (Phi) is 8.75. The lowest BCUT2D eigenvalue weighted by Gasteiger charge is -2.40. The number of benzene rings is 1. The molecule has 4 rings (SSSR count). The van der Waals surface area contributed by atoms with Crippen LogP contribution in [0.4, 0.5) is 5.69 Å². The number of aliphatic hydroxyl groups is 1. The minimum atomic E-state index is -1.22. The highest BCUT2D eigenvalue weighted by Crippen LogP contribution is 2.65. The van der Waals surface area contributed by atoms with Crippen LogP contribution in [0.15, 0.2) is 49.6 Å². The highest BCUT2D eigenvalue weighted by molar-refractivity contribution is 6.05. The number of aliphatic hydroxyl groups excluding tert-OH is 1. The molecule has 1 spiro atoms. The lowest BCUT2D eigenvalue weighted by atomic mass is 9.65. The molecule has 2 amide bonds. The van der Waals surface area contributed by atoms with Crippen molar-refractivity contribution in [2.75, 3.05) is 31.8 Å². The first-order chi connectivity index (χ1) is 19.2. The minimum absolute atomic E-state index is 0.149. The number of methoxy groups -OCH3 is 1. The zero-order valence-corrected chi connectivity index (χ0v) is 24.0. The van der Waals surface area contributed by atoms with Crippen molar-refractivity contribution in [1.82, 2.24) is 4.90 Å². The lowest BCUT2D eigenvalue weighted by Crippen LogP contribution is -2.60. The third-order valence-electron chi connectivity index (χ3n) is 8.95. The molecule has 0 radical (unpaired) electrons. The van der Waals surface area contributed by atoms with Gasteiger partial charge >= 0.3 is 5.97 Å². The second-order valence-corrected chi connectivity index (χ2v) is 11.3. The van der Waals surface area contributed by atoms with Crippen molar-refractivity contribution in [3.8, 4) is 5.75 Å². The number of hydrogen-bond acceptors (Lipinski definition) is 7. The van der Waals surface area contributed by atoms with E-state index < -0.39 is 41.1 Å². The fourth-order valence-electron chi connectivity index (χ4n) is 6.97. The number of hydrogen-bond donors (Lipinski definition) is 1. The molecule has 2 bridgehead atoms. The molecule has 2 unspecified atom stereocenters. The van der Waals surface area contributed by atoms with E-state index in [9.17, 15) is 19.5 Å². The van der Waals surface area contributed by atoms with Gasteiger partial charge in [-0.25, -0.2) is 0 Å². The Bertz CT molecular complexity index is 1130. The van der Waals surface area contributed by atoms with Crippen LogP contribution in [-0.2, 0) is 23.9 Å². The molecular weight excluding hydrogens is 512 g/mol. The Labute approximate surface area is 236 Å². The maximum absolute atomic E-state index is 14.7. The second-order valence-electron chi connectivity index (χ2n) is 11.3. The van der Waals surface area contributed by atoms with Crippen molar-refractivity contribution < 1.29 is 33.7 Å². The Morgan fingerprint density at radius 2 is 1.93 bits per heavy atom. The van der Waals surface area contributed by atoms with Gasteiger partial charge in [-0.1, -0.05) is 32.9 Å².